The van der Waals surface area contributed by atoms with Gasteiger partial charge in [0.05, 0.1) is 18.2 Å². The lowest BCUT2D eigenvalue weighted by molar-refractivity contribution is -0.137. The van der Waals surface area contributed by atoms with Crippen LogP contribution in [0.5, 0.6) is 11.5 Å². The third-order valence-electron chi connectivity index (χ3n) is 3.39. The Kier molecular flexibility index (Phi) is 4.04. The SMILES string of the molecule is FC(F)(F)c1cccc(Oc2cccc([C@H]3CCON3)c2)c1. The van der Waals surface area contributed by atoms with Gasteiger partial charge in [0.25, 0.3) is 0 Å². The number of hydrogen-bond donors (Lipinski definition) is 1. The van der Waals surface area contributed by atoms with E-state index in [4.69, 9.17) is 9.57 Å². The first-order chi connectivity index (χ1) is 10.5. The van der Waals surface area contributed by atoms with Gasteiger partial charge in [0, 0.05) is 0 Å². The molecule has 1 N–H and O–H groups in total. The van der Waals surface area contributed by atoms with Gasteiger partial charge in [0.15, 0.2) is 0 Å². The Morgan fingerprint density at radius 3 is 2.45 bits per heavy atom. The van der Waals surface area contributed by atoms with E-state index in [1.54, 1.807) is 18.2 Å². The summed E-state index contributed by atoms with van der Waals surface area (Å²) in [6, 6.07) is 12.1. The zero-order chi connectivity index (χ0) is 15.6. The third kappa shape index (κ3) is 3.40. The highest BCUT2D eigenvalue weighted by molar-refractivity contribution is 5.37. The summed E-state index contributed by atoms with van der Waals surface area (Å²) in [4.78, 5) is 5.11. The molecule has 1 heterocycles. The largest absolute Gasteiger partial charge is 0.457 e. The smallest absolute Gasteiger partial charge is 0.416 e. The van der Waals surface area contributed by atoms with Crippen molar-refractivity contribution in [3.8, 4) is 11.5 Å². The van der Waals surface area contributed by atoms with E-state index in [1.807, 2.05) is 6.07 Å². The molecule has 0 unspecified atom stereocenters. The molecule has 0 spiro atoms. The van der Waals surface area contributed by atoms with Crippen molar-refractivity contribution < 1.29 is 22.7 Å². The molecule has 3 nitrogen and oxygen atoms in total. The van der Waals surface area contributed by atoms with Gasteiger partial charge < -0.3 is 9.57 Å². The first-order valence-corrected chi connectivity index (χ1v) is 6.85. The minimum atomic E-state index is -4.38. The first-order valence-electron chi connectivity index (χ1n) is 6.85. The highest BCUT2D eigenvalue weighted by atomic mass is 19.4. The standard InChI is InChI=1S/C16H14F3NO2/c17-16(18,19)12-4-2-6-14(10-12)22-13-5-1-3-11(9-13)15-7-8-21-20-15/h1-6,9-10,15,20H,7-8H2/t15-/m1/s1. The van der Waals surface area contributed by atoms with Crippen LogP contribution in [0.2, 0.25) is 0 Å². The molecule has 0 radical (unpaired) electrons. The van der Waals surface area contributed by atoms with Crippen molar-refractivity contribution in [1.29, 1.82) is 0 Å². The van der Waals surface area contributed by atoms with Crippen molar-refractivity contribution >= 4 is 0 Å². The molecule has 1 aliphatic heterocycles. The first kappa shape index (κ1) is 14.9. The predicted octanol–water partition coefficient (Wildman–Crippen LogP) is 4.46. The molecule has 0 saturated carbocycles. The van der Waals surface area contributed by atoms with E-state index in [9.17, 15) is 13.2 Å². The minimum absolute atomic E-state index is 0.0741. The van der Waals surface area contributed by atoms with Crippen LogP contribution >= 0.6 is 0 Å². The molecular formula is C16H14F3NO2. The zero-order valence-corrected chi connectivity index (χ0v) is 11.6. The van der Waals surface area contributed by atoms with Gasteiger partial charge in [-0.15, -0.1) is 0 Å². The molecule has 1 saturated heterocycles. The monoisotopic (exact) mass is 309 g/mol. The molecule has 6 heteroatoms. The molecule has 0 bridgehead atoms. The van der Waals surface area contributed by atoms with E-state index >= 15 is 0 Å². The Bertz CT molecular complexity index is 652. The summed E-state index contributed by atoms with van der Waals surface area (Å²) >= 11 is 0. The van der Waals surface area contributed by atoms with Gasteiger partial charge in [0.2, 0.25) is 0 Å². The van der Waals surface area contributed by atoms with Crippen LogP contribution in [-0.4, -0.2) is 6.61 Å². The highest BCUT2D eigenvalue weighted by Gasteiger charge is 2.30. The fourth-order valence-corrected chi connectivity index (χ4v) is 2.30. The second kappa shape index (κ2) is 5.98. The van der Waals surface area contributed by atoms with Crippen molar-refractivity contribution in [3.05, 3.63) is 59.7 Å². The van der Waals surface area contributed by atoms with E-state index in [1.165, 1.54) is 12.1 Å². The molecule has 1 atom stereocenters. The second-order valence-electron chi connectivity index (χ2n) is 5.01. The topological polar surface area (TPSA) is 30.5 Å². The average Bonchev–Trinajstić information content (AvgIpc) is 3.01. The lowest BCUT2D eigenvalue weighted by atomic mass is 10.1. The van der Waals surface area contributed by atoms with Crippen LogP contribution in [0, 0.1) is 0 Å². The van der Waals surface area contributed by atoms with Crippen molar-refractivity contribution in [2.45, 2.75) is 18.6 Å². The molecule has 2 aromatic carbocycles. The van der Waals surface area contributed by atoms with Crippen LogP contribution in [0.1, 0.15) is 23.6 Å². The van der Waals surface area contributed by atoms with E-state index in [0.29, 0.717) is 12.4 Å². The van der Waals surface area contributed by atoms with Gasteiger partial charge >= 0.3 is 6.18 Å². The van der Waals surface area contributed by atoms with E-state index < -0.39 is 11.7 Å². The Morgan fingerprint density at radius 1 is 1.05 bits per heavy atom. The number of benzene rings is 2. The summed E-state index contributed by atoms with van der Waals surface area (Å²) in [7, 11) is 0. The number of rotatable bonds is 3. The molecule has 116 valence electrons. The van der Waals surface area contributed by atoms with Gasteiger partial charge in [-0.05, 0) is 42.3 Å². The number of alkyl halides is 3. The van der Waals surface area contributed by atoms with Crippen LogP contribution in [0.3, 0.4) is 0 Å². The fraction of sp³-hybridized carbons (Fsp3) is 0.250. The average molecular weight is 309 g/mol. The summed E-state index contributed by atoms with van der Waals surface area (Å²) in [5.41, 5.74) is 3.13. The van der Waals surface area contributed by atoms with Crippen molar-refractivity contribution in [3.63, 3.8) is 0 Å². The highest BCUT2D eigenvalue weighted by Crippen LogP contribution is 2.33. The maximum Gasteiger partial charge on any atom is 0.416 e. The molecule has 0 aromatic heterocycles. The van der Waals surface area contributed by atoms with Gasteiger partial charge in [-0.1, -0.05) is 18.2 Å². The van der Waals surface area contributed by atoms with Crippen LogP contribution in [0.15, 0.2) is 48.5 Å². The lowest BCUT2D eigenvalue weighted by Crippen LogP contribution is -2.11. The van der Waals surface area contributed by atoms with E-state index in [2.05, 4.69) is 5.48 Å². The Morgan fingerprint density at radius 2 is 1.77 bits per heavy atom. The molecule has 3 rings (SSSR count). The van der Waals surface area contributed by atoms with Crippen LogP contribution in [-0.2, 0) is 11.0 Å². The number of hydroxylamine groups is 1. The quantitative estimate of drug-likeness (QED) is 0.908. The lowest BCUT2D eigenvalue weighted by Gasteiger charge is -2.12. The summed E-state index contributed by atoms with van der Waals surface area (Å²) in [6.45, 7) is 0.628. The summed E-state index contributed by atoms with van der Waals surface area (Å²) in [5.74, 6) is 0.646. The zero-order valence-electron chi connectivity index (χ0n) is 11.6. The van der Waals surface area contributed by atoms with E-state index in [-0.39, 0.29) is 11.8 Å². The number of ether oxygens (including phenoxy) is 1. The van der Waals surface area contributed by atoms with E-state index in [0.717, 1.165) is 24.1 Å². The summed E-state index contributed by atoms with van der Waals surface area (Å²) in [5, 5.41) is 0. The Balaban J connectivity index is 1.80. The number of halogens is 3. The van der Waals surface area contributed by atoms with Gasteiger partial charge in [-0.2, -0.15) is 18.7 Å². The van der Waals surface area contributed by atoms with Crippen LogP contribution in [0.25, 0.3) is 0 Å². The van der Waals surface area contributed by atoms with Crippen molar-refractivity contribution in [1.82, 2.24) is 5.48 Å². The van der Waals surface area contributed by atoms with Gasteiger partial charge in [-0.3, -0.25) is 0 Å². The fourth-order valence-electron chi connectivity index (χ4n) is 2.30. The molecule has 22 heavy (non-hydrogen) atoms. The molecule has 1 aliphatic rings. The van der Waals surface area contributed by atoms with Crippen molar-refractivity contribution in [2.24, 2.45) is 0 Å². The summed E-state index contributed by atoms with van der Waals surface area (Å²) < 4.78 is 43.6. The molecule has 0 aliphatic carbocycles. The Hall–Kier alpha value is -2.05. The minimum Gasteiger partial charge on any atom is -0.457 e. The summed E-state index contributed by atoms with van der Waals surface area (Å²) in [6.07, 6.45) is -3.54. The Labute approximate surface area is 125 Å². The van der Waals surface area contributed by atoms with Gasteiger partial charge in [-0.25, -0.2) is 0 Å². The number of hydrogen-bond acceptors (Lipinski definition) is 3. The molecule has 0 amide bonds. The second-order valence-corrected chi connectivity index (χ2v) is 5.01. The normalized spacial score (nSPS) is 18.4. The molecular weight excluding hydrogens is 295 g/mol. The molecule has 1 fully saturated rings. The van der Waals surface area contributed by atoms with Gasteiger partial charge in [0.1, 0.15) is 11.5 Å². The maximum absolute atomic E-state index is 12.7. The van der Waals surface area contributed by atoms with Crippen molar-refractivity contribution in [2.75, 3.05) is 6.61 Å². The number of nitrogens with one attached hydrogen (secondary N) is 1. The van der Waals surface area contributed by atoms with Crippen LogP contribution in [0.4, 0.5) is 13.2 Å². The third-order valence-corrected chi connectivity index (χ3v) is 3.39. The maximum atomic E-state index is 12.7. The van der Waals surface area contributed by atoms with Crippen LogP contribution < -0.4 is 10.2 Å². The molecule has 2 aromatic rings. The predicted molar refractivity (Wildman–Crippen MR) is 74.4 cm³/mol.